The number of piperidine rings is 2. The summed E-state index contributed by atoms with van der Waals surface area (Å²) in [7, 11) is 0. The molecule has 2 N–H and O–H groups in total. The van der Waals surface area contributed by atoms with Crippen LogP contribution in [0, 0.1) is 0 Å². The maximum Gasteiger partial charge on any atom is 0.451 e. The first-order valence-electron chi connectivity index (χ1n) is 9.46. The van der Waals surface area contributed by atoms with E-state index in [-0.39, 0.29) is 30.4 Å². The van der Waals surface area contributed by atoms with Gasteiger partial charge < -0.3 is 15.1 Å². The van der Waals surface area contributed by atoms with Gasteiger partial charge in [-0.15, -0.1) is 0 Å². The van der Waals surface area contributed by atoms with Gasteiger partial charge in [0.05, 0.1) is 12.2 Å². The van der Waals surface area contributed by atoms with Crippen LogP contribution in [0.15, 0.2) is 6.07 Å². The Bertz CT molecular complexity index is 648. The molecule has 0 radical (unpaired) electrons. The van der Waals surface area contributed by atoms with E-state index in [1.165, 1.54) is 0 Å². The minimum absolute atomic E-state index is 0.0396. The molecule has 0 bridgehead atoms. The first-order chi connectivity index (χ1) is 12.6. The molecule has 1 aromatic rings. The molecule has 152 valence electrons. The SMILES string of the molecule is CC(C)c1cc(N2CC[C@H](N3CCC(O)CC3)[C@@H](O)C2)nc(C(F)(F)F)n1. The molecule has 6 nitrogen and oxygen atoms in total. The summed E-state index contributed by atoms with van der Waals surface area (Å²) >= 11 is 0. The Balaban J connectivity index is 1.75. The lowest BCUT2D eigenvalue weighted by molar-refractivity contribution is -0.145. The van der Waals surface area contributed by atoms with Crippen molar-refractivity contribution in [3.05, 3.63) is 17.6 Å². The van der Waals surface area contributed by atoms with E-state index in [4.69, 9.17) is 0 Å². The first-order valence-corrected chi connectivity index (χ1v) is 9.46. The number of aliphatic hydroxyl groups is 2. The fourth-order valence-electron chi connectivity index (χ4n) is 3.81. The number of halogens is 3. The van der Waals surface area contributed by atoms with E-state index in [1.54, 1.807) is 24.8 Å². The maximum absolute atomic E-state index is 13.2. The summed E-state index contributed by atoms with van der Waals surface area (Å²) in [5.41, 5.74) is 0.342. The molecule has 0 amide bonds. The van der Waals surface area contributed by atoms with Gasteiger partial charge in [0, 0.05) is 44.0 Å². The van der Waals surface area contributed by atoms with E-state index in [0.29, 0.717) is 31.5 Å². The van der Waals surface area contributed by atoms with Crippen molar-refractivity contribution in [2.75, 3.05) is 31.1 Å². The van der Waals surface area contributed by atoms with Gasteiger partial charge >= 0.3 is 6.18 Å². The molecule has 0 saturated carbocycles. The van der Waals surface area contributed by atoms with Crippen LogP contribution >= 0.6 is 0 Å². The molecule has 2 aliphatic heterocycles. The van der Waals surface area contributed by atoms with Crippen LogP contribution < -0.4 is 4.90 Å². The van der Waals surface area contributed by atoms with Gasteiger partial charge in [0.2, 0.25) is 5.82 Å². The third-order valence-corrected chi connectivity index (χ3v) is 5.42. The lowest BCUT2D eigenvalue weighted by atomic mass is 9.96. The highest BCUT2D eigenvalue weighted by molar-refractivity contribution is 5.42. The normalized spacial score (nSPS) is 26.0. The molecule has 2 fully saturated rings. The van der Waals surface area contributed by atoms with Crippen LogP contribution in [0.4, 0.5) is 19.0 Å². The summed E-state index contributed by atoms with van der Waals surface area (Å²) in [6.07, 6.45) is -3.56. The highest BCUT2D eigenvalue weighted by Crippen LogP contribution is 2.31. The van der Waals surface area contributed by atoms with Crippen molar-refractivity contribution in [3.8, 4) is 0 Å². The van der Waals surface area contributed by atoms with Crippen molar-refractivity contribution < 1.29 is 23.4 Å². The Morgan fingerprint density at radius 3 is 2.30 bits per heavy atom. The molecule has 3 heterocycles. The number of nitrogens with zero attached hydrogens (tertiary/aromatic N) is 4. The second-order valence-corrected chi connectivity index (χ2v) is 7.76. The van der Waals surface area contributed by atoms with Crippen molar-refractivity contribution in [2.24, 2.45) is 0 Å². The van der Waals surface area contributed by atoms with Crippen LogP contribution in [0.2, 0.25) is 0 Å². The van der Waals surface area contributed by atoms with Gasteiger partial charge in [0.25, 0.3) is 0 Å². The van der Waals surface area contributed by atoms with E-state index in [9.17, 15) is 23.4 Å². The van der Waals surface area contributed by atoms with Gasteiger partial charge in [-0.3, -0.25) is 4.90 Å². The summed E-state index contributed by atoms with van der Waals surface area (Å²) in [6.45, 7) is 5.79. The van der Waals surface area contributed by atoms with Crippen molar-refractivity contribution in [1.29, 1.82) is 0 Å². The fraction of sp³-hybridized carbons (Fsp3) is 0.778. The first kappa shape index (κ1) is 20.3. The van der Waals surface area contributed by atoms with Gasteiger partial charge in [-0.25, -0.2) is 9.97 Å². The Labute approximate surface area is 157 Å². The maximum atomic E-state index is 13.2. The average Bonchev–Trinajstić information content (AvgIpc) is 2.61. The third kappa shape index (κ3) is 4.70. The predicted molar refractivity (Wildman–Crippen MR) is 94.6 cm³/mol. The smallest absolute Gasteiger partial charge is 0.393 e. The van der Waals surface area contributed by atoms with Gasteiger partial charge in [0.15, 0.2) is 0 Å². The number of anilines is 1. The number of rotatable bonds is 3. The molecule has 0 spiro atoms. The lowest BCUT2D eigenvalue weighted by Crippen LogP contribution is -2.56. The topological polar surface area (TPSA) is 72.7 Å². The van der Waals surface area contributed by atoms with Crippen LogP contribution in [-0.4, -0.2) is 69.5 Å². The zero-order chi connectivity index (χ0) is 19.8. The summed E-state index contributed by atoms with van der Waals surface area (Å²) in [5.74, 6) is -1.08. The Morgan fingerprint density at radius 1 is 1.07 bits per heavy atom. The minimum atomic E-state index is -4.61. The Hall–Kier alpha value is -1.45. The van der Waals surface area contributed by atoms with Crippen LogP contribution in [0.1, 0.15) is 50.5 Å². The lowest BCUT2D eigenvalue weighted by Gasteiger charge is -2.44. The van der Waals surface area contributed by atoms with Crippen molar-refractivity contribution in [2.45, 2.75) is 63.5 Å². The van der Waals surface area contributed by atoms with Gasteiger partial charge in [0.1, 0.15) is 5.82 Å². The van der Waals surface area contributed by atoms with Crippen LogP contribution in [0.25, 0.3) is 0 Å². The van der Waals surface area contributed by atoms with Crippen molar-refractivity contribution in [3.63, 3.8) is 0 Å². The zero-order valence-corrected chi connectivity index (χ0v) is 15.7. The molecule has 0 unspecified atom stereocenters. The highest BCUT2D eigenvalue weighted by Gasteiger charge is 2.38. The molecule has 0 aliphatic carbocycles. The van der Waals surface area contributed by atoms with Gasteiger partial charge in [-0.2, -0.15) is 13.2 Å². The van der Waals surface area contributed by atoms with Crippen LogP contribution in [-0.2, 0) is 6.18 Å². The second kappa shape index (κ2) is 7.89. The number of aliphatic hydroxyl groups excluding tert-OH is 2. The van der Waals surface area contributed by atoms with E-state index in [2.05, 4.69) is 14.9 Å². The Morgan fingerprint density at radius 2 is 1.74 bits per heavy atom. The molecular formula is C18H27F3N4O2. The minimum Gasteiger partial charge on any atom is -0.393 e. The molecule has 2 atom stereocenters. The van der Waals surface area contributed by atoms with E-state index in [0.717, 1.165) is 13.1 Å². The summed E-state index contributed by atoms with van der Waals surface area (Å²) in [5, 5.41) is 20.3. The summed E-state index contributed by atoms with van der Waals surface area (Å²) in [4.78, 5) is 11.3. The van der Waals surface area contributed by atoms with Gasteiger partial charge in [-0.1, -0.05) is 13.8 Å². The number of hydrogen-bond acceptors (Lipinski definition) is 6. The number of aromatic nitrogens is 2. The standard InChI is InChI=1S/C18H27F3N4O2/c1-11(2)13-9-16(23-17(22-13)18(19,20)21)25-8-5-14(15(27)10-25)24-6-3-12(26)4-7-24/h9,11-12,14-15,26-27H,3-8,10H2,1-2H3/t14-,15-/m0/s1. The molecule has 1 aromatic heterocycles. The fourth-order valence-corrected chi connectivity index (χ4v) is 3.81. The number of β-amino-alcohol motifs (C(OH)–C–C–N with tert-alkyl or cyclic N) is 1. The molecule has 2 saturated heterocycles. The zero-order valence-electron chi connectivity index (χ0n) is 15.7. The molecule has 3 rings (SSSR count). The predicted octanol–water partition coefficient (Wildman–Crippen LogP) is 2.02. The van der Waals surface area contributed by atoms with Crippen molar-refractivity contribution in [1.82, 2.24) is 14.9 Å². The number of likely N-dealkylation sites (tertiary alicyclic amines) is 1. The van der Waals surface area contributed by atoms with E-state index >= 15 is 0 Å². The molecular weight excluding hydrogens is 361 g/mol. The number of hydrogen-bond donors (Lipinski definition) is 2. The molecule has 2 aliphatic rings. The van der Waals surface area contributed by atoms with Gasteiger partial charge in [-0.05, 0) is 25.2 Å². The molecule has 27 heavy (non-hydrogen) atoms. The summed E-state index contributed by atoms with van der Waals surface area (Å²) < 4.78 is 39.5. The van der Waals surface area contributed by atoms with E-state index < -0.39 is 18.1 Å². The summed E-state index contributed by atoms with van der Waals surface area (Å²) in [6, 6.07) is 1.55. The average molecular weight is 388 g/mol. The van der Waals surface area contributed by atoms with Crippen molar-refractivity contribution >= 4 is 5.82 Å². The third-order valence-electron chi connectivity index (χ3n) is 5.42. The quantitative estimate of drug-likeness (QED) is 0.826. The van der Waals surface area contributed by atoms with E-state index in [1.807, 2.05) is 0 Å². The molecule has 9 heteroatoms. The monoisotopic (exact) mass is 388 g/mol. The van der Waals surface area contributed by atoms with Crippen LogP contribution in [0.5, 0.6) is 0 Å². The second-order valence-electron chi connectivity index (χ2n) is 7.76. The van der Waals surface area contributed by atoms with Crippen LogP contribution in [0.3, 0.4) is 0 Å². The largest absolute Gasteiger partial charge is 0.451 e. The Kier molecular flexibility index (Phi) is 5.93. The highest BCUT2D eigenvalue weighted by atomic mass is 19.4. The molecule has 0 aromatic carbocycles. The number of alkyl halides is 3.